The Kier molecular flexibility index (Phi) is 7.78. The quantitative estimate of drug-likeness (QED) is 0.186. The third-order valence-electron chi connectivity index (χ3n) is 9.10. The minimum atomic E-state index is -0.422. The van der Waals surface area contributed by atoms with E-state index in [2.05, 4.69) is 0 Å². The number of hydrogen-bond acceptors (Lipinski definition) is 3. The van der Waals surface area contributed by atoms with E-state index >= 15 is 8.78 Å². The number of aromatic nitrogens is 4. The molecule has 6 aromatic carbocycles. The van der Waals surface area contributed by atoms with Crippen LogP contribution in [0.4, 0.5) is 14.7 Å². The summed E-state index contributed by atoms with van der Waals surface area (Å²) in [5, 5.41) is 1.24. The van der Waals surface area contributed by atoms with Crippen molar-refractivity contribution in [2.45, 2.75) is 0 Å². The summed E-state index contributed by atoms with van der Waals surface area (Å²) >= 11 is 0. The van der Waals surface area contributed by atoms with Gasteiger partial charge in [-0.1, -0.05) is 97.1 Å². The van der Waals surface area contributed by atoms with E-state index in [-0.39, 0.29) is 0 Å². The normalized spacial score (nSPS) is 11.9. The van der Waals surface area contributed by atoms with Crippen LogP contribution in [0.2, 0.25) is 0 Å². The van der Waals surface area contributed by atoms with Crippen LogP contribution in [0.3, 0.4) is 0 Å². The molecule has 3 heterocycles. The molecule has 0 radical (unpaired) electrons. The lowest BCUT2D eigenvalue weighted by molar-refractivity contribution is 0.629. The molecule has 0 aliphatic carbocycles. The Balaban J connectivity index is 1.55. The molecule has 7 heteroatoms. The van der Waals surface area contributed by atoms with Crippen LogP contribution in [-0.2, 0) is 0 Å². The number of rotatable bonds is 4. The number of para-hydroxylation sites is 2. The molecule has 0 unspecified atom stereocenters. The molecule has 248 valence electrons. The van der Waals surface area contributed by atoms with Gasteiger partial charge in [-0.15, -0.1) is 0 Å². The van der Waals surface area contributed by atoms with Crippen LogP contribution in [0.5, 0.6) is 0 Å². The maximum atomic E-state index is 16.0. The molecule has 5 nitrogen and oxygen atoms in total. The molecule has 7 aromatic rings. The first-order valence-electron chi connectivity index (χ1n) is 16.9. The number of fused-ring (bicyclic) bond motifs is 8. The number of nitrogens with zero attached hydrogens (tertiary/aromatic N) is 5. The zero-order valence-electron chi connectivity index (χ0n) is 27.7. The summed E-state index contributed by atoms with van der Waals surface area (Å²) in [6.45, 7) is 0. The van der Waals surface area contributed by atoms with Gasteiger partial charge in [0.1, 0.15) is 17.5 Å². The van der Waals surface area contributed by atoms with Gasteiger partial charge in [0.05, 0.1) is 28.6 Å². The fraction of sp³-hybridized carbons (Fsp3) is 0. The third kappa shape index (κ3) is 5.74. The molecule has 0 fully saturated rings. The fourth-order valence-corrected chi connectivity index (χ4v) is 6.91. The van der Waals surface area contributed by atoms with E-state index in [0.717, 1.165) is 28.1 Å². The lowest BCUT2D eigenvalue weighted by atomic mass is 10.00. The molecule has 0 spiro atoms. The second-order valence-electron chi connectivity index (χ2n) is 12.5. The van der Waals surface area contributed by atoms with Crippen LogP contribution in [0, 0.1) is 11.6 Å². The second kappa shape index (κ2) is 13.0. The standard InChI is InChI=1S/C45H29F2N5/c46-34-24-33-25-38(27-34)51(36-17-9-3-10-18-36)42-22-21-40(49-42)43(30-13-5-1-6-14-30)32-23-35(47)28-39(26-32)52(37-19-11-4-12-20-37)45-48-29-41(50-45)44(33)31-15-7-2-8-16-31/h1-29H. The SMILES string of the molecule is Fc1cc2cc(c1)n(-c1ccccc1)c1nc(c(-c3ccccc3)c3cc(F)cc(c3)n(-c3ccccc3)c3nc(c2-c2ccccc2)C=N3)C=C1. The number of benzene rings is 6. The van der Waals surface area contributed by atoms with E-state index in [9.17, 15) is 0 Å². The maximum absolute atomic E-state index is 16.0. The molecule has 0 N–H and O–H groups in total. The summed E-state index contributed by atoms with van der Waals surface area (Å²) in [6.07, 6.45) is 5.54. The van der Waals surface area contributed by atoms with Gasteiger partial charge >= 0.3 is 0 Å². The van der Waals surface area contributed by atoms with Crippen molar-refractivity contribution in [1.82, 2.24) is 19.1 Å². The Labute approximate surface area is 298 Å². The molecule has 0 saturated carbocycles. The molecule has 8 bridgehead atoms. The van der Waals surface area contributed by atoms with E-state index in [1.54, 1.807) is 6.21 Å². The van der Waals surface area contributed by atoms with Crippen molar-refractivity contribution in [3.05, 3.63) is 187 Å². The van der Waals surface area contributed by atoms with E-state index in [0.29, 0.717) is 50.5 Å². The highest BCUT2D eigenvalue weighted by Crippen LogP contribution is 2.35. The predicted octanol–water partition coefficient (Wildman–Crippen LogP) is 11.3. The number of aliphatic imine (C=N–C) groups is 1. The summed E-state index contributed by atoms with van der Waals surface area (Å²) in [5.41, 5.74) is 6.98. The van der Waals surface area contributed by atoms with Gasteiger partial charge in [0.25, 0.3) is 0 Å². The summed E-state index contributed by atoms with van der Waals surface area (Å²) in [4.78, 5) is 15.1. The molecule has 0 saturated heterocycles. The van der Waals surface area contributed by atoms with E-state index in [1.165, 1.54) is 24.3 Å². The highest BCUT2D eigenvalue weighted by atomic mass is 19.1. The van der Waals surface area contributed by atoms with Gasteiger partial charge < -0.3 is 0 Å². The van der Waals surface area contributed by atoms with Gasteiger partial charge in [0.2, 0.25) is 5.95 Å². The van der Waals surface area contributed by atoms with Crippen LogP contribution >= 0.6 is 0 Å². The number of hydrogen-bond donors (Lipinski definition) is 0. The highest BCUT2D eigenvalue weighted by Gasteiger charge is 2.18. The summed E-state index contributed by atoms with van der Waals surface area (Å²) in [7, 11) is 0. The monoisotopic (exact) mass is 677 g/mol. The van der Waals surface area contributed by atoms with E-state index in [1.807, 2.05) is 155 Å². The van der Waals surface area contributed by atoms with Gasteiger partial charge in [0.15, 0.2) is 0 Å². The van der Waals surface area contributed by atoms with Crippen LogP contribution in [-0.4, -0.2) is 25.3 Å². The van der Waals surface area contributed by atoms with E-state index < -0.39 is 11.6 Å². The first-order chi connectivity index (χ1) is 25.6. The molecule has 0 atom stereocenters. The smallest absolute Gasteiger partial charge is 0.235 e. The molecule has 0 amide bonds. The van der Waals surface area contributed by atoms with Gasteiger partial charge in [-0.05, 0) is 94.7 Å². The molecule has 52 heavy (non-hydrogen) atoms. The minimum absolute atomic E-state index is 0.343. The first-order valence-corrected chi connectivity index (χ1v) is 16.9. The topological polar surface area (TPSA) is 48.0 Å². The maximum Gasteiger partial charge on any atom is 0.235 e. The van der Waals surface area contributed by atoms with Crippen molar-refractivity contribution in [3.8, 4) is 33.6 Å². The van der Waals surface area contributed by atoms with Crippen LogP contribution in [0.25, 0.3) is 67.6 Å². The second-order valence-corrected chi connectivity index (χ2v) is 12.5. The van der Waals surface area contributed by atoms with Gasteiger partial charge in [0, 0.05) is 22.5 Å². The van der Waals surface area contributed by atoms with Crippen LogP contribution < -0.4 is 0 Å². The Morgan fingerprint density at radius 2 is 0.923 bits per heavy atom. The van der Waals surface area contributed by atoms with Crippen LogP contribution in [0.1, 0.15) is 17.2 Å². The Morgan fingerprint density at radius 3 is 1.48 bits per heavy atom. The average Bonchev–Trinajstić information content (AvgIpc) is 3.84. The Hall–Kier alpha value is -6.99. The predicted molar refractivity (Wildman–Crippen MR) is 207 cm³/mol. The highest BCUT2D eigenvalue weighted by molar-refractivity contribution is 5.99. The molecule has 2 aliphatic rings. The molecular formula is C45H29F2N5. The zero-order valence-corrected chi connectivity index (χ0v) is 27.7. The Morgan fingerprint density at radius 1 is 0.442 bits per heavy atom. The summed E-state index contributed by atoms with van der Waals surface area (Å²) in [6, 6.07) is 48.9. The molecular weight excluding hydrogens is 649 g/mol. The fourth-order valence-electron chi connectivity index (χ4n) is 6.91. The van der Waals surface area contributed by atoms with E-state index in [4.69, 9.17) is 15.0 Å². The number of halogens is 2. The van der Waals surface area contributed by atoms with Crippen molar-refractivity contribution in [1.29, 1.82) is 0 Å². The van der Waals surface area contributed by atoms with Gasteiger partial charge in [-0.3, -0.25) is 9.13 Å². The lowest BCUT2D eigenvalue weighted by Crippen LogP contribution is -2.01. The molecule has 9 rings (SSSR count). The summed E-state index contributed by atoms with van der Waals surface area (Å²) < 4.78 is 35.8. The Bertz CT molecular complexity index is 2370. The first kappa shape index (κ1) is 31.0. The average molecular weight is 678 g/mol. The molecule has 2 aliphatic heterocycles. The van der Waals surface area contributed by atoms with Crippen molar-refractivity contribution in [3.63, 3.8) is 0 Å². The lowest BCUT2D eigenvalue weighted by Gasteiger charge is -2.13. The van der Waals surface area contributed by atoms with Crippen molar-refractivity contribution < 1.29 is 8.78 Å². The third-order valence-corrected chi connectivity index (χ3v) is 9.10. The van der Waals surface area contributed by atoms with Crippen molar-refractivity contribution in [2.24, 2.45) is 4.99 Å². The molecule has 1 aromatic heterocycles. The minimum Gasteiger partial charge on any atom is -0.295 e. The van der Waals surface area contributed by atoms with Gasteiger partial charge in [-0.25, -0.2) is 23.7 Å². The summed E-state index contributed by atoms with van der Waals surface area (Å²) in [5.74, 6) is 0.0881. The van der Waals surface area contributed by atoms with Gasteiger partial charge in [-0.2, -0.15) is 0 Å². The largest absolute Gasteiger partial charge is 0.295 e. The van der Waals surface area contributed by atoms with Crippen molar-refractivity contribution in [2.75, 3.05) is 0 Å². The zero-order chi connectivity index (χ0) is 35.0. The van der Waals surface area contributed by atoms with Crippen molar-refractivity contribution >= 4 is 46.1 Å². The van der Waals surface area contributed by atoms with Crippen LogP contribution in [0.15, 0.2) is 163 Å².